The summed E-state index contributed by atoms with van der Waals surface area (Å²) in [5.41, 5.74) is 0. The van der Waals surface area contributed by atoms with E-state index >= 15 is 0 Å². The summed E-state index contributed by atoms with van der Waals surface area (Å²) in [6.45, 7) is 2.76. The Bertz CT molecular complexity index is 450. The highest BCUT2D eigenvalue weighted by Crippen LogP contribution is 2.15. The van der Waals surface area contributed by atoms with Gasteiger partial charge in [-0.2, -0.15) is 0 Å². The summed E-state index contributed by atoms with van der Waals surface area (Å²) in [6.07, 6.45) is 3.73. The number of piperidine rings is 1. The van der Waals surface area contributed by atoms with Gasteiger partial charge in [-0.05, 0) is 19.3 Å². The molecule has 6 nitrogen and oxygen atoms in total. The maximum atomic E-state index is 11.9. The van der Waals surface area contributed by atoms with Gasteiger partial charge in [0.15, 0.2) is 0 Å². The highest BCUT2D eigenvalue weighted by Gasteiger charge is 2.28. The lowest BCUT2D eigenvalue weighted by Gasteiger charge is -2.31. The normalized spacial score (nSPS) is 20.1. The number of hydrogen-bond donors (Lipinski definition) is 1. The first-order chi connectivity index (χ1) is 8.24. The summed E-state index contributed by atoms with van der Waals surface area (Å²) in [6, 6.07) is -0.141. The van der Waals surface area contributed by atoms with Crippen molar-refractivity contribution in [2.24, 2.45) is 0 Å². The van der Waals surface area contributed by atoms with Gasteiger partial charge in [0.1, 0.15) is 0 Å². The molecule has 0 unspecified atom stereocenters. The fraction of sp³-hybridized carbons (Fsp3) is 1.00. The van der Waals surface area contributed by atoms with Gasteiger partial charge in [-0.15, -0.1) is 0 Å². The van der Waals surface area contributed by atoms with Crippen LogP contribution in [0.1, 0.15) is 32.6 Å². The molecule has 0 bridgehead atoms. The molecule has 1 N–H and O–H groups in total. The zero-order valence-corrected chi connectivity index (χ0v) is 12.6. The Morgan fingerprint density at radius 1 is 1.17 bits per heavy atom. The van der Waals surface area contributed by atoms with Gasteiger partial charge in [-0.25, -0.2) is 25.9 Å². The van der Waals surface area contributed by atoms with Gasteiger partial charge in [0, 0.05) is 19.1 Å². The molecular weight excluding hydrogens is 276 g/mol. The van der Waals surface area contributed by atoms with Crippen LogP contribution in [0.3, 0.4) is 0 Å². The number of unbranched alkanes of at least 4 members (excludes halogenated alkanes) is 1. The minimum Gasteiger partial charge on any atom is -0.213 e. The third-order valence-electron chi connectivity index (χ3n) is 2.98. The van der Waals surface area contributed by atoms with Gasteiger partial charge < -0.3 is 0 Å². The van der Waals surface area contributed by atoms with Crippen molar-refractivity contribution in [3.63, 3.8) is 0 Å². The molecule has 1 fully saturated rings. The second kappa shape index (κ2) is 6.31. The fourth-order valence-corrected chi connectivity index (χ4v) is 4.53. The molecular formula is C10H22N2O4S2. The highest BCUT2D eigenvalue weighted by atomic mass is 32.2. The average molecular weight is 298 g/mol. The van der Waals surface area contributed by atoms with Gasteiger partial charge >= 0.3 is 0 Å². The SMILES string of the molecule is CCCCS(=O)(=O)N1CCC(NS(C)(=O)=O)CC1. The molecule has 1 saturated heterocycles. The molecule has 1 rings (SSSR count). The summed E-state index contributed by atoms with van der Waals surface area (Å²) in [5.74, 6) is 0.188. The van der Waals surface area contributed by atoms with E-state index in [0.717, 1.165) is 12.7 Å². The van der Waals surface area contributed by atoms with Crippen LogP contribution < -0.4 is 4.72 Å². The Morgan fingerprint density at radius 3 is 2.17 bits per heavy atom. The molecule has 1 aliphatic rings. The second-order valence-corrected chi connectivity index (χ2v) is 8.60. The quantitative estimate of drug-likeness (QED) is 0.755. The summed E-state index contributed by atoms with van der Waals surface area (Å²) >= 11 is 0. The van der Waals surface area contributed by atoms with E-state index in [-0.39, 0.29) is 11.8 Å². The Labute approximate surface area is 110 Å². The van der Waals surface area contributed by atoms with E-state index in [9.17, 15) is 16.8 Å². The first kappa shape index (κ1) is 15.9. The molecule has 0 radical (unpaired) electrons. The van der Waals surface area contributed by atoms with Crippen LogP contribution in [0.25, 0.3) is 0 Å². The summed E-state index contributed by atoms with van der Waals surface area (Å²) < 4.78 is 50.0. The zero-order chi connectivity index (χ0) is 13.8. The van der Waals surface area contributed by atoms with Crippen LogP contribution in [0.2, 0.25) is 0 Å². The van der Waals surface area contributed by atoms with E-state index in [4.69, 9.17) is 0 Å². The van der Waals surface area contributed by atoms with Crippen LogP contribution in [-0.4, -0.2) is 52.3 Å². The molecule has 0 atom stereocenters. The highest BCUT2D eigenvalue weighted by molar-refractivity contribution is 7.89. The maximum absolute atomic E-state index is 11.9. The Kier molecular flexibility index (Phi) is 5.57. The Hall–Kier alpha value is -0.180. The zero-order valence-electron chi connectivity index (χ0n) is 10.9. The van der Waals surface area contributed by atoms with E-state index in [1.54, 1.807) is 0 Å². The predicted molar refractivity (Wildman–Crippen MR) is 71.3 cm³/mol. The topological polar surface area (TPSA) is 83.6 Å². The van der Waals surface area contributed by atoms with Crippen molar-refractivity contribution < 1.29 is 16.8 Å². The molecule has 0 aromatic carbocycles. The molecule has 0 amide bonds. The minimum atomic E-state index is -3.21. The lowest BCUT2D eigenvalue weighted by atomic mass is 10.1. The Balaban J connectivity index is 2.49. The largest absolute Gasteiger partial charge is 0.214 e. The molecule has 18 heavy (non-hydrogen) atoms. The van der Waals surface area contributed by atoms with E-state index < -0.39 is 20.0 Å². The molecule has 8 heteroatoms. The fourth-order valence-electron chi connectivity index (χ4n) is 2.01. The molecule has 0 aromatic rings. The lowest BCUT2D eigenvalue weighted by molar-refractivity contribution is 0.308. The van der Waals surface area contributed by atoms with E-state index in [2.05, 4.69) is 4.72 Å². The van der Waals surface area contributed by atoms with Crippen LogP contribution in [0, 0.1) is 0 Å². The smallest absolute Gasteiger partial charge is 0.213 e. The summed E-state index contributed by atoms with van der Waals surface area (Å²) in [4.78, 5) is 0. The van der Waals surface area contributed by atoms with Crippen molar-refractivity contribution >= 4 is 20.0 Å². The summed E-state index contributed by atoms with van der Waals surface area (Å²) in [5, 5.41) is 0. The van der Waals surface area contributed by atoms with Crippen molar-refractivity contribution in [3.8, 4) is 0 Å². The first-order valence-corrected chi connectivity index (χ1v) is 9.70. The molecule has 1 heterocycles. The van der Waals surface area contributed by atoms with Gasteiger partial charge in [0.2, 0.25) is 20.0 Å². The van der Waals surface area contributed by atoms with E-state index in [1.807, 2.05) is 6.92 Å². The van der Waals surface area contributed by atoms with Crippen molar-refractivity contribution in [2.75, 3.05) is 25.1 Å². The Morgan fingerprint density at radius 2 is 1.72 bits per heavy atom. The molecule has 0 aliphatic carbocycles. The van der Waals surface area contributed by atoms with Crippen LogP contribution in [-0.2, 0) is 20.0 Å². The third-order valence-corrected chi connectivity index (χ3v) is 5.70. The average Bonchev–Trinajstić information content (AvgIpc) is 2.25. The number of nitrogens with zero attached hydrogens (tertiary/aromatic N) is 1. The predicted octanol–water partition coefficient (Wildman–Crippen LogP) is 0.130. The van der Waals surface area contributed by atoms with E-state index in [0.29, 0.717) is 32.4 Å². The molecule has 0 spiro atoms. The summed E-state index contributed by atoms with van der Waals surface area (Å²) in [7, 11) is -6.37. The molecule has 1 aliphatic heterocycles. The van der Waals surface area contributed by atoms with Crippen molar-refractivity contribution in [1.29, 1.82) is 0 Å². The van der Waals surface area contributed by atoms with Crippen LogP contribution in [0.4, 0.5) is 0 Å². The lowest BCUT2D eigenvalue weighted by Crippen LogP contribution is -2.46. The number of rotatable bonds is 6. The standard InChI is InChI=1S/C10H22N2O4S2/c1-3-4-9-18(15,16)12-7-5-10(6-8-12)11-17(2,13)14/h10-11H,3-9H2,1-2H3. The van der Waals surface area contributed by atoms with Gasteiger partial charge in [-0.3, -0.25) is 0 Å². The number of hydrogen-bond acceptors (Lipinski definition) is 4. The molecule has 108 valence electrons. The van der Waals surface area contributed by atoms with Crippen LogP contribution >= 0.6 is 0 Å². The van der Waals surface area contributed by atoms with Crippen LogP contribution in [0.15, 0.2) is 0 Å². The van der Waals surface area contributed by atoms with Crippen molar-refractivity contribution in [2.45, 2.75) is 38.6 Å². The molecule has 0 aromatic heterocycles. The second-order valence-electron chi connectivity index (χ2n) is 4.73. The molecule has 0 saturated carbocycles. The van der Waals surface area contributed by atoms with Crippen molar-refractivity contribution in [3.05, 3.63) is 0 Å². The van der Waals surface area contributed by atoms with E-state index in [1.165, 1.54) is 4.31 Å². The third kappa shape index (κ3) is 5.21. The van der Waals surface area contributed by atoms with Gasteiger partial charge in [0.25, 0.3) is 0 Å². The maximum Gasteiger partial charge on any atom is 0.214 e. The first-order valence-electron chi connectivity index (χ1n) is 6.20. The van der Waals surface area contributed by atoms with Crippen molar-refractivity contribution in [1.82, 2.24) is 9.03 Å². The van der Waals surface area contributed by atoms with Gasteiger partial charge in [-0.1, -0.05) is 13.3 Å². The minimum absolute atomic E-state index is 0.141. The monoisotopic (exact) mass is 298 g/mol. The number of sulfonamides is 2. The van der Waals surface area contributed by atoms with Gasteiger partial charge in [0.05, 0.1) is 12.0 Å². The van der Waals surface area contributed by atoms with Crippen LogP contribution in [0.5, 0.6) is 0 Å². The number of nitrogens with one attached hydrogen (secondary N) is 1.